The van der Waals surface area contributed by atoms with Crippen LogP contribution in [0.4, 0.5) is 0 Å². The van der Waals surface area contributed by atoms with Crippen molar-refractivity contribution in [3.63, 3.8) is 0 Å². The van der Waals surface area contributed by atoms with Gasteiger partial charge in [-0.15, -0.1) is 0 Å². The lowest BCUT2D eigenvalue weighted by Crippen LogP contribution is -2.39. The zero-order valence-corrected chi connectivity index (χ0v) is 12.3. The number of nitrogens with zero attached hydrogens (tertiary/aromatic N) is 2. The van der Waals surface area contributed by atoms with Gasteiger partial charge in [0.2, 0.25) is 0 Å². The predicted molar refractivity (Wildman–Crippen MR) is 77.2 cm³/mol. The molecule has 108 valence electrons. The van der Waals surface area contributed by atoms with E-state index in [-0.39, 0.29) is 0 Å². The molecule has 1 aliphatic rings. The molecule has 1 aromatic rings. The summed E-state index contributed by atoms with van der Waals surface area (Å²) in [6.45, 7) is 8.38. The van der Waals surface area contributed by atoms with Gasteiger partial charge in [-0.3, -0.25) is 0 Å². The van der Waals surface area contributed by atoms with Gasteiger partial charge in [0.05, 0.1) is 6.61 Å². The first kappa shape index (κ1) is 14.5. The standard InChI is InChI=1S/C15H27N3O/c1-3-6-16-14(13-5-10-19-12-13)11-15-17-7-9-18(15)8-4-2/h7,9,13-14,16H,3-6,8,10-12H2,1-2H3. The summed E-state index contributed by atoms with van der Waals surface area (Å²) in [5.41, 5.74) is 0. The summed E-state index contributed by atoms with van der Waals surface area (Å²) in [6, 6.07) is 0.500. The van der Waals surface area contributed by atoms with Gasteiger partial charge in [-0.25, -0.2) is 4.98 Å². The summed E-state index contributed by atoms with van der Waals surface area (Å²) in [5, 5.41) is 3.69. The predicted octanol–water partition coefficient (Wildman–Crippen LogP) is 2.24. The van der Waals surface area contributed by atoms with Crippen LogP contribution in [-0.2, 0) is 17.7 Å². The third kappa shape index (κ3) is 4.05. The van der Waals surface area contributed by atoms with Crippen LogP contribution in [0.25, 0.3) is 0 Å². The second-order valence-electron chi connectivity index (χ2n) is 5.43. The van der Waals surface area contributed by atoms with Crippen LogP contribution in [0.2, 0.25) is 0 Å². The van der Waals surface area contributed by atoms with Crippen LogP contribution in [0, 0.1) is 5.92 Å². The van der Waals surface area contributed by atoms with Crippen molar-refractivity contribution in [2.24, 2.45) is 5.92 Å². The maximum Gasteiger partial charge on any atom is 0.110 e. The van der Waals surface area contributed by atoms with E-state index in [4.69, 9.17) is 4.74 Å². The summed E-state index contributed by atoms with van der Waals surface area (Å²) in [5.74, 6) is 1.85. The number of ether oxygens (including phenoxy) is 1. The molecule has 1 aromatic heterocycles. The van der Waals surface area contributed by atoms with E-state index in [1.54, 1.807) is 0 Å². The van der Waals surface area contributed by atoms with Crippen molar-refractivity contribution in [2.45, 2.75) is 52.1 Å². The lowest BCUT2D eigenvalue weighted by Gasteiger charge is -2.24. The fourth-order valence-corrected chi connectivity index (χ4v) is 2.78. The molecule has 2 heterocycles. The number of nitrogens with one attached hydrogen (secondary N) is 1. The van der Waals surface area contributed by atoms with Crippen molar-refractivity contribution >= 4 is 0 Å². The minimum absolute atomic E-state index is 0.500. The van der Waals surface area contributed by atoms with Crippen LogP contribution >= 0.6 is 0 Å². The van der Waals surface area contributed by atoms with Crippen molar-refractivity contribution in [2.75, 3.05) is 19.8 Å². The fraction of sp³-hybridized carbons (Fsp3) is 0.800. The van der Waals surface area contributed by atoms with Gasteiger partial charge in [0.25, 0.3) is 0 Å². The molecule has 2 unspecified atom stereocenters. The van der Waals surface area contributed by atoms with E-state index in [1.807, 2.05) is 6.20 Å². The molecule has 1 aliphatic heterocycles. The lowest BCUT2D eigenvalue weighted by atomic mass is 9.95. The van der Waals surface area contributed by atoms with Crippen molar-refractivity contribution in [3.05, 3.63) is 18.2 Å². The minimum atomic E-state index is 0.500. The Bertz CT molecular complexity index is 358. The van der Waals surface area contributed by atoms with Gasteiger partial charge in [-0.05, 0) is 25.8 Å². The highest BCUT2D eigenvalue weighted by molar-refractivity contribution is 4.97. The lowest BCUT2D eigenvalue weighted by molar-refractivity contribution is 0.176. The third-order valence-corrected chi connectivity index (χ3v) is 3.86. The van der Waals surface area contributed by atoms with Crippen molar-refractivity contribution in [1.82, 2.24) is 14.9 Å². The van der Waals surface area contributed by atoms with Crippen molar-refractivity contribution in [1.29, 1.82) is 0 Å². The molecule has 0 saturated carbocycles. The highest BCUT2D eigenvalue weighted by Gasteiger charge is 2.26. The van der Waals surface area contributed by atoms with Crippen molar-refractivity contribution < 1.29 is 4.74 Å². The summed E-state index contributed by atoms with van der Waals surface area (Å²) in [4.78, 5) is 4.54. The zero-order valence-electron chi connectivity index (χ0n) is 12.3. The minimum Gasteiger partial charge on any atom is -0.381 e. The average molecular weight is 265 g/mol. The maximum absolute atomic E-state index is 5.55. The van der Waals surface area contributed by atoms with Crippen LogP contribution in [0.15, 0.2) is 12.4 Å². The number of hydrogen-bond donors (Lipinski definition) is 1. The van der Waals surface area contributed by atoms with E-state index < -0.39 is 0 Å². The molecule has 1 N–H and O–H groups in total. The SMILES string of the molecule is CCCNC(Cc1nccn1CCC)C1CCOC1. The van der Waals surface area contributed by atoms with Gasteiger partial charge in [0, 0.05) is 43.9 Å². The van der Waals surface area contributed by atoms with Gasteiger partial charge < -0.3 is 14.6 Å². The number of imidazole rings is 1. The molecule has 4 nitrogen and oxygen atoms in total. The number of aryl methyl sites for hydroxylation is 1. The molecule has 0 aromatic carbocycles. The second kappa shape index (κ2) is 7.65. The molecule has 19 heavy (non-hydrogen) atoms. The van der Waals surface area contributed by atoms with Crippen LogP contribution in [0.1, 0.15) is 38.9 Å². The normalized spacial score (nSPS) is 20.8. The van der Waals surface area contributed by atoms with E-state index in [9.17, 15) is 0 Å². The van der Waals surface area contributed by atoms with Gasteiger partial charge >= 0.3 is 0 Å². The van der Waals surface area contributed by atoms with Gasteiger partial charge in [-0.2, -0.15) is 0 Å². The molecule has 0 aliphatic carbocycles. The Balaban J connectivity index is 1.99. The summed E-state index contributed by atoms with van der Waals surface area (Å²) in [7, 11) is 0. The van der Waals surface area contributed by atoms with Crippen LogP contribution in [0.3, 0.4) is 0 Å². The third-order valence-electron chi connectivity index (χ3n) is 3.86. The molecule has 2 rings (SSSR count). The molecule has 0 bridgehead atoms. The monoisotopic (exact) mass is 265 g/mol. The summed E-state index contributed by atoms with van der Waals surface area (Å²) < 4.78 is 7.84. The Morgan fingerprint density at radius 3 is 3.05 bits per heavy atom. The van der Waals surface area contributed by atoms with E-state index in [2.05, 4.69) is 34.9 Å². The first-order valence-electron chi connectivity index (χ1n) is 7.66. The first-order valence-corrected chi connectivity index (χ1v) is 7.66. The van der Waals surface area contributed by atoms with E-state index in [1.165, 1.54) is 18.7 Å². The van der Waals surface area contributed by atoms with Gasteiger partial charge in [0.1, 0.15) is 5.82 Å². The molecule has 0 radical (unpaired) electrons. The summed E-state index contributed by atoms with van der Waals surface area (Å²) >= 11 is 0. The van der Waals surface area contributed by atoms with E-state index >= 15 is 0 Å². The smallest absolute Gasteiger partial charge is 0.110 e. The fourth-order valence-electron chi connectivity index (χ4n) is 2.78. The highest BCUT2D eigenvalue weighted by atomic mass is 16.5. The second-order valence-corrected chi connectivity index (χ2v) is 5.43. The van der Waals surface area contributed by atoms with Crippen LogP contribution in [0.5, 0.6) is 0 Å². The van der Waals surface area contributed by atoms with Crippen LogP contribution < -0.4 is 5.32 Å². The zero-order chi connectivity index (χ0) is 13.5. The number of aromatic nitrogens is 2. The first-order chi connectivity index (χ1) is 9.35. The number of rotatable bonds is 8. The maximum atomic E-state index is 5.55. The topological polar surface area (TPSA) is 39.1 Å². The highest BCUT2D eigenvalue weighted by Crippen LogP contribution is 2.19. The Hall–Kier alpha value is -0.870. The molecule has 0 amide bonds. The van der Waals surface area contributed by atoms with Crippen molar-refractivity contribution in [3.8, 4) is 0 Å². The largest absolute Gasteiger partial charge is 0.381 e. The molecular formula is C15H27N3O. The van der Waals surface area contributed by atoms with Crippen LogP contribution in [-0.4, -0.2) is 35.4 Å². The molecule has 1 fully saturated rings. The Morgan fingerprint density at radius 1 is 1.47 bits per heavy atom. The van der Waals surface area contributed by atoms with Gasteiger partial charge in [-0.1, -0.05) is 13.8 Å². The Kier molecular flexibility index (Phi) is 5.86. The van der Waals surface area contributed by atoms with E-state index in [0.29, 0.717) is 12.0 Å². The van der Waals surface area contributed by atoms with Gasteiger partial charge in [0.15, 0.2) is 0 Å². The molecule has 4 heteroatoms. The molecular weight excluding hydrogens is 238 g/mol. The Morgan fingerprint density at radius 2 is 2.37 bits per heavy atom. The molecule has 0 spiro atoms. The van der Waals surface area contributed by atoms with E-state index in [0.717, 1.165) is 39.1 Å². The molecule has 1 saturated heterocycles. The quantitative estimate of drug-likeness (QED) is 0.783. The Labute approximate surface area is 116 Å². The summed E-state index contributed by atoms with van der Waals surface area (Å²) in [6.07, 6.45) is 8.54. The molecule has 2 atom stereocenters. The number of hydrogen-bond acceptors (Lipinski definition) is 3. The average Bonchev–Trinajstić information content (AvgIpc) is 3.06.